The van der Waals surface area contributed by atoms with Crippen molar-refractivity contribution in [3.05, 3.63) is 70.4 Å². The maximum atomic E-state index is 14.4. The molecule has 3 aromatic rings. The molecule has 2 saturated heterocycles. The lowest BCUT2D eigenvalue weighted by atomic mass is 9.99. The maximum absolute atomic E-state index is 14.4. The van der Waals surface area contributed by atoms with E-state index in [-0.39, 0.29) is 97.6 Å². The number of unbranched alkanes of at least 4 members (excludes halogenated alkanes) is 6. The van der Waals surface area contributed by atoms with E-state index in [1.165, 1.54) is 21.9 Å². The minimum atomic E-state index is -5.84. The highest BCUT2D eigenvalue weighted by atomic mass is 31.2. The van der Waals surface area contributed by atoms with Gasteiger partial charge in [-0.3, -0.25) is 48.2 Å². The number of hydrogen-bond acceptors (Lipinski definition) is 9. The monoisotopic (exact) mass is 989 g/mol. The molecule has 4 heterocycles. The number of alkyl halides is 2. The summed E-state index contributed by atoms with van der Waals surface area (Å²) in [6.45, 7) is 2.40. The highest BCUT2D eigenvalue weighted by Crippen LogP contribution is 2.59. The molecular formula is C49H58F2N7O11P. The highest BCUT2D eigenvalue weighted by molar-refractivity contribution is 7.52. The number of Topliss-reactive ketones (excluding diaryl/α,β-unsaturated/α-hetero) is 1. The predicted octanol–water partition coefficient (Wildman–Crippen LogP) is 4.39. The van der Waals surface area contributed by atoms with Gasteiger partial charge in [-0.1, -0.05) is 63.0 Å². The molecular weight excluding hydrogens is 932 g/mol. The zero-order chi connectivity index (χ0) is 50.5. The van der Waals surface area contributed by atoms with E-state index in [0.717, 1.165) is 43.4 Å². The van der Waals surface area contributed by atoms with Crippen LogP contribution in [-0.4, -0.2) is 102 Å². The minimum absolute atomic E-state index is 0.0147. The Labute approximate surface area is 402 Å². The SMILES string of the molecule is CCCC[C@H](NC(=O)c1cc2cc(C(F)(F)P(=O)(O)O)ccc2[nH]1)C(=O)N1C[C@H]2C[C@H]2[C@H]1C(=O)N[C@@H](CCC(N)=O)C(=O)CCCCCCCC#Cc1cccc2c1CN(C1CCC(=O)NC1=O)C2=O. The first-order chi connectivity index (χ1) is 33.3. The third-order valence-corrected chi connectivity index (χ3v) is 14.6. The Hall–Kier alpha value is -6.29. The van der Waals surface area contributed by atoms with Gasteiger partial charge in [0.05, 0.1) is 6.04 Å². The van der Waals surface area contributed by atoms with Crippen molar-refractivity contribution >= 4 is 65.6 Å². The van der Waals surface area contributed by atoms with Crippen LogP contribution in [0, 0.1) is 23.7 Å². The molecule has 3 aliphatic heterocycles. The van der Waals surface area contributed by atoms with Crippen LogP contribution in [-0.2, 0) is 45.5 Å². The summed E-state index contributed by atoms with van der Waals surface area (Å²) in [4.78, 5) is 129. The molecule has 0 radical (unpaired) electrons. The summed E-state index contributed by atoms with van der Waals surface area (Å²) >= 11 is 0. The lowest BCUT2D eigenvalue weighted by molar-refractivity contribution is -0.142. The Kier molecular flexibility index (Phi) is 16.0. The van der Waals surface area contributed by atoms with E-state index in [4.69, 9.17) is 5.73 Å². The Balaban J connectivity index is 0.897. The first-order valence-corrected chi connectivity index (χ1v) is 25.4. The average Bonchev–Trinajstić information content (AvgIpc) is 3.59. The summed E-state index contributed by atoms with van der Waals surface area (Å²) in [6.07, 6.45) is 6.88. The molecule has 70 heavy (non-hydrogen) atoms. The fourth-order valence-corrected chi connectivity index (χ4v) is 10.2. The van der Waals surface area contributed by atoms with Crippen molar-refractivity contribution in [1.82, 2.24) is 30.7 Å². The number of primary amides is 1. The predicted molar refractivity (Wildman–Crippen MR) is 249 cm³/mol. The molecule has 6 atom stereocenters. The second-order valence-corrected chi connectivity index (χ2v) is 20.3. The van der Waals surface area contributed by atoms with Crippen molar-refractivity contribution in [2.45, 2.75) is 140 Å². The normalized spacial score (nSPS) is 20.5. The molecule has 2 aromatic carbocycles. The molecule has 1 aromatic heterocycles. The van der Waals surface area contributed by atoms with Gasteiger partial charge in [0.15, 0.2) is 5.78 Å². The van der Waals surface area contributed by atoms with Gasteiger partial charge in [0, 0.05) is 66.4 Å². The number of aromatic amines is 1. The smallest absolute Gasteiger partial charge is 0.370 e. The molecule has 7 rings (SSSR count). The molecule has 18 nitrogen and oxygen atoms in total. The van der Waals surface area contributed by atoms with Crippen molar-refractivity contribution in [3.8, 4) is 11.8 Å². The van der Waals surface area contributed by atoms with Crippen LogP contribution in [0.5, 0.6) is 0 Å². The summed E-state index contributed by atoms with van der Waals surface area (Å²) in [5.74, 6) is 2.48. The number of likely N-dealkylation sites (tertiary alicyclic amines) is 1. The van der Waals surface area contributed by atoms with E-state index in [9.17, 15) is 61.5 Å². The molecule has 7 amide bonds. The number of nitrogens with zero attached hydrogens (tertiary/aromatic N) is 2. The number of carbonyl (C=O) groups is 8. The third kappa shape index (κ3) is 11.7. The Morgan fingerprint density at radius 2 is 1.71 bits per heavy atom. The molecule has 21 heteroatoms. The Morgan fingerprint density at radius 1 is 0.957 bits per heavy atom. The van der Waals surface area contributed by atoms with Crippen LogP contribution < -0.4 is 21.7 Å². The number of piperidine rings is 2. The van der Waals surface area contributed by atoms with Crippen LogP contribution in [0.2, 0.25) is 0 Å². The van der Waals surface area contributed by atoms with Crippen molar-refractivity contribution in [2.24, 2.45) is 17.6 Å². The maximum Gasteiger partial charge on any atom is 0.399 e. The molecule has 1 unspecified atom stereocenters. The van der Waals surface area contributed by atoms with Gasteiger partial charge in [0.1, 0.15) is 23.8 Å². The summed E-state index contributed by atoms with van der Waals surface area (Å²) in [6, 6.07) is 5.71. The van der Waals surface area contributed by atoms with Gasteiger partial charge in [-0.2, -0.15) is 8.78 Å². The number of nitrogens with two attached hydrogens (primary N) is 1. The molecule has 8 N–H and O–H groups in total. The quantitative estimate of drug-likeness (QED) is 0.0321. The summed E-state index contributed by atoms with van der Waals surface area (Å²) in [5.41, 5.74) is 2.17. The highest BCUT2D eigenvalue weighted by Gasteiger charge is 2.58. The zero-order valence-corrected chi connectivity index (χ0v) is 39.7. The fourth-order valence-electron chi connectivity index (χ4n) is 9.68. The molecule has 1 aliphatic carbocycles. The van der Waals surface area contributed by atoms with E-state index < -0.39 is 72.5 Å². The first-order valence-electron chi connectivity index (χ1n) is 23.8. The number of amides is 7. The van der Waals surface area contributed by atoms with E-state index in [0.29, 0.717) is 43.2 Å². The van der Waals surface area contributed by atoms with Gasteiger partial charge in [-0.15, -0.1) is 0 Å². The number of benzene rings is 2. The summed E-state index contributed by atoms with van der Waals surface area (Å²) < 4.78 is 40.3. The number of H-pyrrole nitrogens is 1. The van der Waals surface area contributed by atoms with E-state index >= 15 is 0 Å². The van der Waals surface area contributed by atoms with Crippen molar-refractivity contribution in [2.75, 3.05) is 6.54 Å². The van der Waals surface area contributed by atoms with Gasteiger partial charge in [0.25, 0.3) is 11.8 Å². The van der Waals surface area contributed by atoms with Crippen LogP contribution >= 0.6 is 7.60 Å². The molecule has 1 saturated carbocycles. The summed E-state index contributed by atoms with van der Waals surface area (Å²) in [5, 5.41) is 7.94. The van der Waals surface area contributed by atoms with Crippen molar-refractivity contribution in [1.29, 1.82) is 0 Å². The molecule has 4 aliphatic rings. The van der Waals surface area contributed by atoms with Crippen LogP contribution in [0.3, 0.4) is 0 Å². The number of fused-ring (bicyclic) bond motifs is 3. The van der Waals surface area contributed by atoms with E-state index in [2.05, 4.69) is 32.8 Å². The van der Waals surface area contributed by atoms with Crippen LogP contribution in [0.25, 0.3) is 10.9 Å². The van der Waals surface area contributed by atoms with Crippen LogP contribution in [0.1, 0.15) is 141 Å². The van der Waals surface area contributed by atoms with Gasteiger partial charge in [0.2, 0.25) is 29.5 Å². The lowest BCUT2D eigenvalue weighted by Crippen LogP contribution is -2.56. The number of aromatic nitrogens is 1. The van der Waals surface area contributed by atoms with Crippen LogP contribution in [0.15, 0.2) is 42.5 Å². The number of rotatable bonds is 22. The Bertz CT molecular complexity index is 2690. The van der Waals surface area contributed by atoms with E-state index in [1.807, 2.05) is 13.0 Å². The molecule has 3 fully saturated rings. The second-order valence-electron chi connectivity index (χ2n) is 18.7. The Morgan fingerprint density at radius 3 is 2.44 bits per heavy atom. The number of halogens is 2. The van der Waals surface area contributed by atoms with Gasteiger partial charge in [-0.05, 0) is 86.3 Å². The number of carbonyl (C=O) groups excluding carboxylic acids is 8. The molecule has 0 spiro atoms. The van der Waals surface area contributed by atoms with E-state index in [1.54, 1.807) is 12.1 Å². The first kappa shape index (κ1) is 51.6. The van der Waals surface area contributed by atoms with Crippen molar-refractivity contribution < 1.29 is 61.5 Å². The van der Waals surface area contributed by atoms with Crippen LogP contribution in [0.4, 0.5) is 8.78 Å². The standard InChI is InChI=1S/C49H58F2N7O11P/c1-2-3-15-37(55-44(62)38-25-29-23-31(17-18-35(29)53-38)49(50,51)70(67,68)69)48(66)58-26-30-24-33(30)43(58)46(64)54-36(19-21-41(52)60)40(59)16-10-8-6-4-5-7-9-12-28-13-11-14-32-34(28)27-57(47(32)65)39-20-22-42(61)56-45(39)63/h11,13-14,17-18,23,25,30,33,36-37,39,43,53H,2-8,10,15-16,19-22,24,26-27H2,1H3,(H2,52,60)(H,54,64)(H,55,62)(H,56,61,63)(H2,67,68,69)/t30-,33-,36+,37+,39?,43+/m1/s1. The van der Waals surface area contributed by atoms with Gasteiger partial charge < -0.3 is 40.9 Å². The van der Waals surface area contributed by atoms with Gasteiger partial charge >= 0.3 is 13.3 Å². The number of hydrogen-bond donors (Lipinski definition) is 7. The molecule has 374 valence electrons. The topological polar surface area (TPSA) is 278 Å². The second kappa shape index (κ2) is 21.8. The zero-order valence-electron chi connectivity index (χ0n) is 38.8. The minimum Gasteiger partial charge on any atom is -0.370 e. The number of nitrogens with one attached hydrogen (secondary N) is 4. The van der Waals surface area contributed by atoms with Crippen molar-refractivity contribution in [3.63, 3.8) is 0 Å². The largest absolute Gasteiger partial charge is 0.399 e. The molecule has 0 bridgehead atoms. The third-order valence-electron chi connectivity index (χ3n) is 13.6. The number of imide groups is 1. The number of ketones is 1. The fraction of sp³-hybridized carbons (Fsp3) is 0.510. The average molecular weight is 990 g/mol. The summed E-state index contributed by atoms with van der Waals surface area (Å²) in [7, 11) is -5.84. The lowest BCUT2D eigenvalue weighted by Gasteiger charge is -2.31. The van der Waals surface area contributed by atoms with Gasteiger partial charge in [-0.25, -0.2) is 0 Å².